The van der Waals surface area contributed by atoms with Crippen LogP contribution in [0.1, 0.15) is 40.1 Å². The summed E-state index contributed by atoms with van der Waals surface area (Å²) in [6, 6.07) is 16.2. The third kappa shape index (κ3) is 5.96. The van der Waals surface area contributed by atoms with Crippen molar-refractivity contribution in [3.8, 4) is 0 Å². The van der Waals surface area contributed by atoms with Gasteiger partial charge in [-0.2, -0.15) is 0 Å². The topological polar surface area (TPSA) is 83.6 Å². The Morgan fingerprint density at radius 1 is 1.00 bits per heavy atom. The minimum atomic E-state index is -3.84. The van der Waals surface area contributed by atoms with Crippen LogP contribution in [0.5, 0.6) is 0 Å². The Bertz CT molecular complexity index is 1460. The van der Waals surface area contributed by atoms with E-state index in [4.69, 9.17) is 34.8 Å². The molecule has 6 nitrogen and oxygen atoms in total. The molecule has 1 unspecified atom stereocenters. The van der Waals surface area contributed by atoms with E-state index in [-0.39, 0.29) is 32.3 Å². The molecule has 2 amide bonds. The second kappa shape index (κ2) is 11.0. The zero-order chi connectivity index (χ0) is 26.9. The number of nitrogens with zero attached hydrogens (tertiary/aromatic N) is 1. The molecule has 37 heavy (non-hydrogen) atoms. The highest BCUT2D eigenvalue weighted by atomic mass is 35.5. The summed E-state index contributed by atoms with van der Waals surface area (Å²) in [7, 11) is -2.14. The number of fused-ring (bicyclic) bond motifs is 1. The molecule has 1 N–H and O–H groups in total. The average Bonchev–Trinajstić information content (AvgIpc) is 2.83. The molecule has 0 radical (unpaired) electrons. The van der Waals surface area contributed by atoms with E-state index >= 15 is 0 Å². The average molecular weight is 580 g/mol. The van der Waals surface area contributed by atoms with Crippen molar-refractivity contribution in [1.29, 1.82) is 0 Å². The lowest BCUT2D eigenvalue weighted by Crippen LogP contribution is -2.35. The van der Waals surface area contributed by atoms with Crippen molar-refractivity contribution >= 4 is 62.1 Å². The summed E-state index contributed by atoms with van der Waals surface area (Å²) in [5, 5.41) is 2.65. The maximum Gasteiger partial charge on any atom is 0.258 e. The van der Waals surface area contributed by atoms with Crippen LogP contribution in [0.3, 0.4) is 0 Å². The Labute approximate surface area is 231 Å². The van der Waals surface area contributed by atoms with Crippen molar-refractivity contribution in [2.45, 2.75) is 29.9 Å². The van der Waals surface area contributed by atoms with Crippen LogP contribution >= 0.6 is 34.8 Å². The van der Waals surface area contributed by atoms with Gasteiger partial charge >= 0.3 is 0 Å². The Balaban J connectivity index is 1.73. The molecule has 0 aliphatic heterocycles. The highest BCUT2D eigenvalue weighted by molar-refractivity contribution is 7.91. The number of carbonyl (C=O) groups is 2. The van der Waals surface area contributed by atoms with E-state index in [0.29, 0.717) is 35.7 Å². The molecular formula is C27H25Cl3N2O4S. The number of benzene rings is 3. The quantitative estimate of drug-likeness (QED) is 0.364. The van der Waals surface area contributed by atoms with E-state index in [1.807, 2.05) is 6.07 Å². The maximum atomic E-state index is 13.9. The van der Waals surface area contributed by atoms with Crippen LogP contribution in [0.15, 0.2) is 65.6 Å². The van der Waals surface area contributed by atoms with Crippen molar-refractivity contribution in [3.63, 3.8) is 0 Å². The number of amides is 2. The molecular weight excluding hydrogens is 555 g/mol. The van der Waals surface area contributed by atoms with Crippen molar-refractivity contribution in [1.82, 2.24) is 4.90 Å². The first-order valence-corrected chi connectivity index (χ1v) is 14.2. The highest BCUT2D eigenvalue weighted by Gasteiger charge is 2.37. The standard InChI is InChI=1S/C27H25Cl3N2O4S/c1-16(33)32(2)15-17-11-18-9-10-20(31-27(34)26-23(29)7-4-8-24(26)30)14-22(18)25(12-17)37(35,36)21-6-3-5-19(28)13-21/h3-10,13-14,17,25H,11-12,15H2,1-2H3,(H,31,34)/t17-,25?/m1/s1. The maximum absolute atomic E-state index is 13.9. The molecule has 0 spiro atoms. The van der Waals surface area contributed by atoms with E-state index in [9.17, 15) is 18.0 Å². The van der Waals surface area contributed by atoms with E-state index in [1.54, 1.807) is 54.4 Å². The smallest absolute Gasteiger partial charge is 0.258 e. The summed E-state index contributed by atoms with van der Waals surface area (Å²) in [4.78, 5) is 26.5. The van der Waals surface area contributed by atoms with Gasteiger partial charge in [-0.25, -0.2) is 8.42 Å². The molecule has 2 atom stereocenters. The molecule has 0 saturated carbocycles. The van der Waals surface area contributed by atoms with Crippen LogP contribution in [-0.4, -0.2) is 38.7 Å². The molecule has 1 aliphatic carbocycles. The van der Waals surface area contributed by atoms with Gasteiger partial charge in [0.25, 0.3) is 5.91 Å². The SMILES string of the molecule is CC(=O)N(C)C[C@@H]1Cc2ccc(NC(=O)c3c(Cl)cccc3Cl)cc2C(S(=O)(=O)c2cccc(Cl)c2)C1. The molecule has 10 heteroatoms. The summed E-state index contributed by atoms with van der Waals surface area (Å²) in [5.41, 5.74) is 2.01. The third-order valence-electron chi connectivity index (χ3n) is 6.57. The van der Waals surface area contributed by atoms with Gasteiger partial charge in [-0.3, -0.25) is 9.59 Å². The van der Waals surface area contributed by atoms with Crippen LogP contribution in [0.4, 0.5) is 5.69 Å². The summed E-state index contributed by atoms with van der Waals surface area (Å²) in [5.74, 6) is -0.652. The number of sulfone groups is 1. The van der Waals surface area contributed by atoms with Crippen LogP contribution in [-0.2, 0) is 21.1 Å². The zero-order valence-corrected chi connectivity index (χ0v) is 23.3. The summed E-state index contributed by atoms with van der Waals surface area (Å²) in [6.07, 6.45) is 0.909. The fourth-order valence-corrected chi connectivity index (χ4v) is 7.44. The number of hydrogen-bond acceptors (Lipinski definition) is 4. The number of rotatable bonds is 6. The lowest BCUT2D eigenvalue weighted by Gasteiger charge is -2.34. The summed E-state index contributed by atoms with van der Waals surface area (Å²) in [6.45, 7) is 1.91. The predicted molar refractivity (Wildman–Crippen MR) is 147 cm³/mol. The van der Waals surface area contributed by atoms with Gasteiger partial charge in [-0.1, -0.05) is 53.0 Å². The van der Waals surface area contributed by atoms with E-state index in [1.165, 1.54) is 19.1 Å². The van der Waals surface area contributed by atoms with Gasteiger partial charge in [-0.05, 0) is 72.4 Å². The van der Waals surface area contributed by atoms with Crippen molar-refractivity contribution in [2.75, 3.05) is 18.9 Å². The van der Waals surface area contributed by atoms with Crippen molar-refractivity contribution in [2.24, 2.45) is 5.92 Å². The third-order valence-corrected chi connectivity index (χ3v) is 9.54. The summed E-state index contributed by atoms with van der Waals surface area (Å²) < 4.78 is 27.7. The molecule has 3 aromatic rings. The molecule has 0 bridgehead atoms. The second-order valence-corrected chi connectivity index (χ2v) is 12.5. The van der Waals surface area contributed by atoms with Gasteiger partial charge in [0, 0.05) is 31.2 Å². The lowest BCUT2D eigenvalue weighted by atomic mass is 9.83. The molecule has 0 saturated heterocycles. The van der Waals surface area contributed by atoms with Gasteiger partial charge in [0.2, 0.25) is 5.91 Å². The van der Waals surface area contributed by atoms with Crippen LogP contribution in [0.2, 0.25) is 15.1 Å². The van der Waals surface area contributed by atoms with Gasteiger partial charge in [-0.15, -0.1) is 0 Å². The fraction of sp³-hybridized carbons (Fsp3) is 0.259. The first kappa shape index (κ1) is 27.5. The number of halogens is 3. The number of hydrogen-bond donors (Lipinski definition) is 1. The van der Waals surface area contributed by atoms with Gasteiger partial charge < -0.3 is 10.2 Å². The van der Waals surface area contributed by atoms with E-state index in [0.717, 1.165) is 5.56 Å². The monoisotopic (exact) mass is 578 g/mol. The minimum Gasteiger partial charge on any atom is -0.346 e. The van der Waals surface area contributed by atoms with E-state index < -0.39 is 21.0 Å². The molecule has 4 rings (SSSR count). The van der Waals surface area contributed by atoms with Gasteiger partial charge in [0.1, 0.15) is 0 Å². The number of nitrogens with one attached hydrogen (secondary N) is 1. The molecule has 0 aromatic heterocycles. The second-order valence-electron chi connectivity index (χ2n) is 9.16. The van der Waals surface area contributed by atoms with E-state index in [2.05, 4.69) is 5.32 Å². The Hall–Kier alpha value is -2.58. The zero-order valence-electron chi connectivity index (χ0n) is 20.2. The predicted octanol–water partition coefficient (Wildman–Crippen LogP) is 6.45. The normalized spacial score (nSPS) is 17.1. The van der Waals surface area contributed by atoms with Crippen LogP contribution < -0.4 is 5.32 Å². The van der Waals surface area contributed by atoms with Gasteiger partial charge in [0.15, 0.2) is 9.84 Å². The Kier molecular flexibility index (Phi) is 8.19. The Morgan fingerprint density at radius 2 is 1.68 bits per heavy atom. The molecule has 1 aliphatic rings. The Morgan fingerprint density at radius 3 is 2.32 bits per heavy atom. The first-order chi connectivity index (χ1) is 17.5. The molecule has 3 aromatic carbocycles. The fourth-order valence-electron chi connectivity index (χ4n) is 4.65. The lowest BCUT2D eigenvalue weighted by molar-refractivity contribution is -0.128. The van der Waals surface area contributed by atoms with Crippen LogP contribution in [0.25, 0.3) is 0 Å². The van der Waals surface area contributed by atoms with Crippen molar-refractivity contribution in [3.05, 3.63) is 92.4 Å². The number of anilines is 1. The number of carbonyl (C=O) groups excluding carboxylic acids is 2. The molecule has 194 valence electrons. The minimum absolute atomic E-state index is 0.0669. The highest BCUT2D eigenvalue weighted by Crippen LogP contribution is 2.43. The molecule has 0 heterocycles. The summed E-state index contributed by atoms with van der Waals surface area (Å²) >= 11 is 18.5. The van der Waals surface area contributed by atoms with Gasteiger partial charge in [0.05, 0.1) is 25.8 Å². The molecule has 0 fully saturated rings. The first-order valence-electron chi connectivity index (χ1n) is 11.6. The van der Waals surface area contributed by atoms with Crippen molar-refractivity contribution < 1.29 is 18.0 Å². The largest absolute Gasteiger partial charge is 0.346 e. The van der Waals surface area contributed by atoms with Crippen LogP contribution in [0, 0.1) is 5.92 Å².